The zero-order chi connectivity index (χ0) is 14.8. The molecule has 110 valence electrons. The van der Waals surface area contributed by atoms with Gasteiger partial charge in [0.2, 0.25) is 0 Å². The van der Waals surface area contributed by atoms with Crippen LogP contribution in [0.25, 0.3) is 0 Å². The second-order valence-electron chi connectivity index (χ2n) is 4.94. The molecule has 1 heterocycles. The third kappa shape index (κ3) is 3.41. The molecule has 0 bridgehead atoms. The van der Waals surface area contributed by atoms with Crippen molar-refractivity contribution < 1.29 is 17.9 Å². The number of ether oxygens (including phenoxy) is 1. The molecule has 3 N–H and O–H groups in total. The van der Waals surface area contributed by atoms with Gasteiger partial charge in [-0.2, -0.15) is 0 Å². The minimum absolute atomic E-state index is 0.0844. The number of hydrogen-bond acceptors (Lipinski definition) is 6. The highest BCUT2D eigenvalue weighted by Crippen LogP contribution is 2.23. The average Bonchev–Trinajstić information content (AvgIpc) is 2.76. The summed E-state index contributed by atoms with van der Waals surface area (Å²) >= 11 is 0. The fraction of sp³-hybridized carbons (Fsp3) is 0.462. The normalized spacial score (nSPS) is 20.6. The predicted octanol–water partition coefficient (Wildman–Crippen LogP) is 0.902. The molecule has 20 heavy (non-hydrogen) atoms. The number of sulfone groups is 1. The summed E-state index contributed by atoms with van der Waals surface area (Å²) in [6, 6.07) is 4.83. The van der Waals surface area contributed by atoms with E-state index < -0.39 is 15.8 Å². The summed E-state index contributed by atoms with van der Waals surface area (Å²) in [5, 5.41) is 3.11. The Kier molecular flexibility index (Phi) is 4.17. The molecule has 1 fully saturated rings. The molecule has 0 saturated carbocycles. The third-order valence-corrected chi connectivity index (χ3v) is 5.22. The zero-order valence-electron chi connectivity index (χ0n) is 11.3. The predicted molar refractivity (Wildman–Crippen MR) is 77.4 cm³/mol. The molecular formula is C13H18N2O4S. The number of methoxy groups -OCH3 is 1. The Bertz CT molecular complexity index is 613. The first-order valence-electron chi connectivity index (χ1n) is 6.33. The van der Waals surface area contributed by atoms with Gasteiger partial charge in [0.25, 0.3) is 0 Å². The smallest absolute Gasteiger partial charge is 0.337 e. The number of carbonyl (C=O) groups is 1. The number of esters is 1. The van der Waals surface area contributed by atoms with Gasteiger partial charge in [-0.05, 0) is 30.5 Å². The summed E-state index contributed by atoms with van der Waals surface area (Å²) in [5.41, 5.74) is 7.38. The molecule has 1 aromatic rings. The second-order valence-corrected chi connectivity index (χ2v) is 7.17. The zero-order valence-corrected chi connectivity index (χ0v) is 12.1. The summed E-state index contributed by atoms with van der Waals surface area (Å²) < 4.78 is 27.4. The van der Waals surface area contributed by atoms with Gasteiger partial charge in [-0.3, -0.25) is 0 Å². The molecule has 0 spiro atoms. The van der Waals surface area contributed by atoms with E-state index in [0.29, 0.717) is 29.9 Å². The molecule has 0 aromatic heterocycles. The summed E-state index contributed by atoms with van der Waals surface area (Å²) in [7, 11) is -1.57. The van der Waals surface area contributed by atoms with Crippen LogP contribution in [0.2, 0.25) is 0 Å². The maximum Gasteiger partial charge on any atom is 0.337 e. The van der Waals surface area contributed by atoms with Crippen molar-refractivity contribution in [2.24, 2.45) is 5.92 Å². The van der Waals surface area contributed by atoms with Gasteiger partial charge in [-0.25, -0.2) is 13.2 Å². The average molecular weight is 298 g/mol. The molecule has 1 aromatic carbocycles. The lowest BCUT2D eigenvalue weighted by molar-refractivity contribution is 0.0601. The number of carbonyl (C=O) groups excluding carboxylic acids is 1. The molecule has 6 nitrogen and oxygen atoms in total. The first-order valence-corrected chi connectivity index (χ1v) is 8.15. The van der Waals surface area contributed by atoms with Gasteiger partial charge >= 0.3 is 5.97 Å². The highest BCUT2D eigenvalue weighted by Gasteiger charge is 2.27. The molecule has 1 saturated heterocycles. The standard InChI is InChI=1S/C13H18N2O4S/c1-19-13(16)10-2-3-11(14)12(6-10)15-7-9-4-5-20(17,18)8-9/h2-3,6,9,15H,4-5,7-8,14H2,1H3. The fourth-order valence-electron chi connectivity index (χ4n) is 2.24. The SMILES string of the molecule is COC(=O)c1ccc(N)c(NCC2CCS(=O)(=O)C2)c1. The molecule has 0 aliphatic carbocycles. The van der Waals surface area contributed by atoms with Gasteiger partial charge in [0.1, 0.15) is 0 Å². The minimum Gasteiger partial charge on any atom is -0.465 e. The van der Waals surface area contributed by atoms with Crippen molar-refractivity contribution in [3.05, 3.63) is 23.8 Å². The molecule has 0 radical (unpaired) electrons. The molecule has 7 heteroatoms. The number of nitrogen functional groups attached to an aromatic ring is 1. The van der Waals surface area contributed by atoms with Gasteiger partial charge in [0, 0.05) is 6.54 Å². The molecule has 1 unspecified atom stereocenters. The van der Waals surface area contributed by atoms with E-state index in [-0.39, 0.29) is 17.4 Å². The van der Waals surface area contributed by atoms with Crippen molar-refractivity contribution in [1.29, 1.82) is 0 Å². The molecule has 2 rings (SSSR count). The fourth-order valence-corrected chi connectivity index (χ4v) is 4.10. The lowest BCUT2D eigenvalue weighted by Gasteiger charge is -2.13. The van der Waals surface area contributed by atoms with E-state index in [4.69, 9.17) is 5.73 Å². The maximum absolute atomic E-state index is 11.5. The van der Waals surface area contributed by atoms with Gasteiger partial charge in [0.05, 0.1) is 35.6 Å². The molecule has 1 atom stereocenters. The molecule has 0 amide bonds. The lowest BCUT2D eigenvalue weighted by atomic mass is 10.1. The Morgan fingerprint density at radius 3 is 2.85 bits per heavy atom. The van der Waals surface area contributed by atoms with E-state index in [1.807, 2.05) is 0 Å². The Morgan fingerprint density at radius 1 is 1.50 bits per heavy atom. The van der Waals surface area contributed by atoms with Crippen molar-refractivity contribution in [1.82, 2.24) is 0 Å². The summed E-state index contributed by atoms with van der Waals surface area (Å²) in [6.07, 6.45) is 0.659. The molecule has 1 aliphatic rings. The van der Waals surface area contributed by atoms with Crippen molar-refractivity contribution in [3.8, 4) is 0 Å². The van der Waals surface area contributed by atoms with Crippen LogP contribution in [-0.4, -0.2) is 39.5 Å². The van der Waals surface area contributed by atoms with Crippen LogP contribution < -0.4 is 11.1 Å². The van der Waals surface area contributed by atoms with Crippen molar-refractivity contribution in [2.45, 2.75) is 6.42 Å². The van der Waals surface area contributed by atoms with Crippen LogP contribution in [-0.2, 0) is 14.6 Å². The Morgan fingerprint density at radius 2 is 2.25 bits per heavy atom. The quantitative estimate of drug-likeness (QED) is 0.633. The molecular weight excluding hydrogens is 280 g/mol. The van der Waals surface area contributed by atoms with Gasteiger partial charge in [-0.1, -0.05) is 0 Å². The third-order valence-electron chi connectivity index (χ3n) is 3.38. The van der Waals surface area contributed by atoms with Crippen LogP contribution >= 0.6 is 0 Å². The topological polar surface area (TPSA) is 98.5 Å². The number of rotatable bonds is 4. The monoisotopic (exact) mass is 298 g/mol. The molecule has 1 aliphatic heterocycles. The van der Waals surface area contributed by atoms with Crippen molar-refractivity contribution in [3.63, 3.8) is 0 Å². The van der Waals surface area contributed by atoms with Gasteiger partial charge < -0.3 is 15.8 Å². The number of nitrogens with one attached hydrogen (secondary N) is 1. The summed E-state index contributed by atoms with van der Waals surface area (Å²) in [4.78, 5) is 11.5. The van der Waals surface area contributed by atoms with Crippen LogP contribution in [0, 0.1) is 5.92 Å². The van der Waals surface area contributed by atoms with E-state index in [2.05, 4.69) is 10.1 Å². The largest absolute Gasteiger partial charge is 0.465 e. The van der Waals surface area contributed by atoms with Crippen molar-refractivity contribution in [2.75, 3.05) is 36.2 Å². The Labute approximate surface area is 118 Å². The van der Waals surface area contributed by atoms with Crippen LogP contribution in [0.15, 0.2) is 18.2 Å². The highest BCUT2D eigenvalue weighted by atomic mass is 32.2. The summed E-state index contributed by atoms with van der Waals surface area (Å²) in [6.45, 7) is 0.522. The van der Waals surface area contributed by atoms with E-state index in [1.54, 1.807) is 18.2 Å². The van der Waals surface area contributed by atoms with E-state index in [9.17, 15) is 13.2 Å². The second kappa shape index (κ2) is 5.70. The Balaban J connectivity index is 2.04. The van der Waals surface area contributed by atoms with E-state index in [1.165, 1.54) is 7.11 Å². The summed E-state index contributed by atoms with van der Waals surface area (Å²) in [5.74, 6) is 0.103. The first-order chi connectivity index (χ1) is 9.41. The number of benzene rings is 1. The van der Waals surface area contributed by atoms with Crippen LogP contribution in [0.4, 0.5) is 11.4 Å². The number of anilines is 2. The Hall–Kier alpha value is -1.76. The van der Waals surface area contributed by atoms with Crippen LogP contribution in [0.5, 0.6) is 0 Å². The number of nitrogens with two attached hydrogens (primary N) is 1. The highest BCUT2D eigenvalue weighted by molar-refractivity contribution is 7.91. The number of hydrogen-bond donors (Lipinski definition) is 2. The van der Waals surface area contributed by atoms with Crippen molar-refractivity contribution >= 4 is 27.2 Å². The maximum atomic E-state index is 11.5. The van der Waals surface area contributed by atoms with Crippen LogP contribution in [0.1, 0.15) is 16.8 Å². The van der Waals surface area contributed by atoms with E-state index in [0.717, 1.165) is 0 Å². The first kappa shape index (κ1) is 14.6. The van der Waals surface area contributed by atoms with Gasteiger partial charge in [0.15, 0.2) is 9.84 Å². The minimum atomic E-state index is -2.88. The van der Waals surface area contributed by atoms with Crippen LogP contribution in [0.3, 0.4) is 0 Å². The van der Waals surface area contributed by atoms with Gasteiger partial charge in [-0.15, -0.1) is 0 Å². The lowest BCUT2D eigenvalue weighted by Crippen LogP contribution is -2.16. The van der Waals surface area contributed by atoms with E-state index >= 15 is 0 Å².